The van der Waals surface area contributed by atoms with Gasteiger partial charge >= 0.3 is 0 Å². The number of furan rings is 1. The van der Waals surface area contributed by atoms with Crippen molar-refractivity contribution in [2.75, 3.05) is 0 Å². The summed E-state index contributed by atoms with van der Waals surface area (Å²) in [5, 5.41) is 15.3. The Hall–Kier alpha value is -6.00. The van der Waals surface area contributed by atoms with Gasteiger partial charge < -0.3 is 4.42 Å². The van der Waals surface area contributed by atoms with Crippen LogP contribution in [-0.2, 0) is 0 Å². The highest BCUT2D eigenvalue weighted by Crippen LogP contribution is 2.52. The van der Waals surface area contributed by atoms with E-state index in [-0.39, 0.29) is 0 Å². The van der Waals surface area contributed by atoms with Crippen molar-refractivity contribution in [3.8, 4) is 22.3 Å². The largest absolute Gasteiger partial charge is 0.456 e. The van der Waals surface area contributed by atoms with Crippen LogP contribution >= 0.6 is 22.7 Å². The molecule has 3 heterocycles. The molecule has 0 fully saturated rings. The van der Waals surface area contributed by atoms with E-state index in [9.17, 15) is 0 Å². The summed E-state index contributed by atoms with van der Waals surface area (Å²) in [5.41, 5.74) is 6.91. The van der Waals surface area contributed by atoms with E-state index in [2.05, 4.69) is 152 Å². The van der Waals surface area contributed by atoms with Crippen LogP contribution in [-0.4, -0.2) is 0 Å². The molecule has 0 saturated heterocycles. The number of benzene rings is 9. The molecule has 0 aliphatic carbocycles. The molecule has 0 unspecified atom stereocenters. The van der Waals surface area contributed by atoms with Crippen LogP contribution in [0.3, 0.4) is 0 Å². The zero-order chi connectivity index (χ0) is 33.2. The van der Waals surface area contributed by atoms with Crippen LogP contribution in [0.15, 0.2) is 162 Å². The van der Waals surface area contributed by atoms with E-state index < -0.39 is 0 Å². The zero-order valence-electron chi connectivity index (χ0n) is 27.2. The molecule has 51 heavy (non-hydrogen) atoms. The second kappa shape index (κ2) is 10.3. The maximum Gasteiger partial charge on any atom is 0.135 e. The highest BCUT2D eigenvalue weighted by Gasteiger charge is 2.23. The van der Waals surface area contributed by atoms with E-state index in [1.807, 2.05) is 28.7 Å². The van der Waals surface area contributed by atoms with Gasteiger partial charge in [-0.3, -0.25) is 0 Å². The second-order valence-electron chi connectivity index (χ2n) is 13.5. The molecule has 236 valence electrons. The summed E-state index contributed by atoms with van der Waals surface area (Å²) in [6, 6.07) is 58.1. The van der Waals surface area contributed by atoms with Crippen molar-refractivity contribution < 1.29 is 4.42 Å². The average Bonchev–Trinajstić information content (AvgIpc) is 3.86. The lowest BCUT2D eigenvalue weighted by atomic mass is 9.84. The minimum absolute atomic E-state index is 0.918. The molecule has 12 aromatic rings. The summed E-state index contributed by atoms with van der Waals surface area (Å²) in [5.74, 6) is 0. The Balaban J connectivity index is 1.24. The molecule has 0 aliphatic rings. The predicted octanol–water partition coefficient (Wildman–Crippen LogP) is 15.1. The van der Waals surface area contributed by atoms with Gasteiger partial charge in [-0.1, -0.05) is 115 Å². The first-order valence-electron chi connectivity index (χ1n) is 17.3. The van der Waals surface area contributed by atoms with E-state index in [0.29, 0.717) is 0 Å². The molecule has 1 nitrogen and oxygen atoms in total. The molecule has 0 N–H and O–H groups in total. The SMILES string of the molecule is c1ccc2cc3c(cc2c1)sc1cc(-c2c4ccccc4c(-c4ccc5oc6ccccc6c5c4)c4ccccc24)c2c4ccccc4sc2c13. The van der Waals surface area contributed by atoms with Crippen LogP contribution in [0.2, 0.25) is 0 Å². The van der Waals surface area contributed by atoms with E-state index in [1.165, 1.54) is 94.9 Å². The van der Waals surface area contributed by atoms with Crippen LogP contribution in [0.5, 0.6) is 0 Å². The summed E-state index contributed by atoms with van der Waals surface area (Å²) >= 11 is 3.86. The highest BCUT2D eigenvalue weighted by molar-refractivity contribution is 7.30. The van der Waals surface area contributed by atoms with Gasteiger partial charge in [-0.2, -0.15) is 0 Å². The maximum absolute atomic E-state index is 6.24. The van der Waals surface area contributed by atoms with Gasteiger partial charge in [0.1, 0.15) is 11.2 Å². The first-order valence-corrected chi connectivity index (χ1v) is 19.0. The first-order chi connectivity index (χ1) is 25.3. The topological polar surface area (TPSA) is 13.1 Å². The molecule has 0 radical (unpaired) electrons. The number of rotatable bonds is 2. The van der Waals surface area contributed by atoms with Crippen LogP contribution in [0, 0.1) is 0 Å². The van der Waals surface area contributed by atoms with Crippen molar-refractivity contribution >= 4 is 117 Å². The van der Waals surface area contributed by atoms with Crippen molar-refractivity contribution in [3.63, 3.8) is 0 Å². The fraction of sp³-hybridized carbons (Fsp3) is 0. The van der Waals surface area contributed by atoms with Crippen molar-refractivity contribution in [1.82, 2.24) is 0 Å². The average molecular weight is 683 g/mol. The minimum Gasteiger partial charge on any atom is -0.456 e. The lowest BCUT2D eigenvalue weighted by molar-refractivity contribution is 0.669. The van der Waals surface area contributed by atoms with Crippen LogP contribution < -0.4 is 0 Å². The standard InChI is InChI=1S/C48H26OS2/c1-2-12-28-25-42-37(23-27(28)11-1)47-43(50-42)26-38(46-35-18-8-10-20-41(35)51-48(46)47)45-33-16-5-3-14-31(33)44(32-15-4-6-17-34(32)45)29-21-22-40-36(24-29)30-13-7-9-19-39(30)49-40/h1-26H. The summed E-state index contributed by atoms with van der Waals surface area (Å²) in [7, 11) is 0. The van der Waals surface area contributed by atoms with Gasteiger partial charge in [-0.05, 0) is 97.0 Å². The third-order valence-corrected chi connectivity index (χ3v) is 13.1. The zero-order valence-corrected chi connectivity index (χ0v) is 28.9. The Morgan fingerprint density at radius 2 is 0.961 bits per heavy atom. The quantitative estimate of drug-likeness (QED) is 0.165. The molecular formula is C48H26OS2. The molecular weight excluding hydrogens is 657 g/mol. The molecule has 0 amide bonds. The van der Waals surface area contributed by atoms with E-state index in [1.54, 1.807) is 0 Å². The van der Waals surface area contributed by atoms with Gasteiger partial charge in [-0.25, -0.2) is 0 Å². The summed E-state index contributed by atoms with van der Waals surface area (Å²) < 4.78 is 11.6. The summed E-state index contributed by atoms with van der Waals surface area (Å²) in [4.78, 5) is 0. The number of fused-ring (bicyclic) bond motifs is 13. The molecule has 9 aromatic carbocycles. The Morgan fingerprint density at radius 1 is 0.353 bits per heavy atom. The normalized spacial score (nSPS) is 12.3. The molecule has 12 rings (SSSR count). The number of para-hydroxylation sites is 1. The number of hydrogen-bond acceptors (Lipinski definition) is 3. The van der Waals surface area contributed by atoms with Gasteiger partial charge in [-0.15, -0.1) is 22.7 Å². The van der Waals surface area contributed by atoms with Gasteiger partial charge in [0.05, 0.1) is 0 Å². The second-order valence-corrected chi connectivity index (χ2v) is 15.7. The molecule has 0 saturated carbocycles. The third-order valence-electron chi connectivity index (χ3n) is 10.8. The molecule has 0 aliphatic heterocycles. The Labute approximate surface area is 300 Å². The molecule has 3 aromatic heterocycles. The molecule has 0 atom stereocenters. The Morgan fingerprint density at radius 3 is 1.73 bits per heavy atom. The van der Waals surface area contributed by atoms with Gasteiger partial charge in [0.2, 0.25) is 0 Å². The van der Waals surface area contributed by atoms with Crippen molar-refractivity contribution in [3.05, 3.63) is 158 Å². The number of thiophene rings is 2. The van der Waals surface area contributed by atoms with Crippen molar-refractivity contribution in [2.45, 2.75) is 0 Å². The van der Waals surface area contributed by atoms with E-state index >= 15 is 0 Å². The van der Waals surface area contributed by atoms with Crippen molar-refractivity contribution in [2.24, 2.45) is 0 Å². The minimum atomic E-state index is 0.918. The Bertz CT molecular complexity index is 3370. The van der Waals surface area contributed by atoms with Crippen LogP contribution in [0.4, 0.5) is 0 Å². The summed E-state index contributed by atoms with van der Waals surface area (Å²) in [6.07, 6.45) is 0. The molecule has 0 bridgehead atoms. The lowest BCUT2D eigenvalue weighted by Gasteiger charge is -2.19. The van der Waals surface area contributed by atoms with Gasteiger partial charge in [0, 0.05) is 51.1 Å². The fourth-order valence-electron chi connectivity index (χ4n) is 8.64. The highest BCUT2D eigenvalue weighted by atomic mass is 32.1. The first kappa shape index (κ1) is 27.8. The van der Waals surface area contributed by atoms with Crippen LogP contribution in [0.1, 0.15) is 0 Å². The maximum atomic E-state index is 6.24. The third kappa shape index (κ3) is 3.85. The van der Waals surface area contributed by atoms with E-state index in [0.717, 1.165) is 21.9 Å². The monoisotopic (exact) mass is 682 g/mol. The molecule has 3 heteroatoms. The predicted molar refractivity (Wildman–Crippen MR) is 223 cm³/mol. The lowest BCUT2D eigenvalue weighted by Crippen LogP contribution is -1.91. The smallest absolute Gasteiger partial charge is 0.135 e. The summed E-state index contributed by atoms with van der Waals surface area (Å²) in [6.45, 7) is 0. The fourth-order valence-corrected chi connectivity index (χ4v) is 11.2. The van der Waals surface area contributed by atoms with Crippen LogP contribution in [0.25, 0.3) is 117 Å². The van der Waals surface area contributed by atoms with Gasteiger partial charge in [0.25, 0.3) is 0 Å². The number of hydrogen-bond donors (Lipinski definition) is 0. The van der Waals surface area contributed by atoms with Gasteiger partial charge in [0.15, 0.2) is 0 Å². The molecule has 0 spiro atoms. The van der Waals surface area contributed by atoms with Crippen molar-refractivity contribution in [1.29, 1.82) is 0 Å². The Kier molecular flexibility index (Phi) is 5.59. The van der Waals surface area contributed by atoms with E-state index in [4.69, 9.17) is 4.42 Å².